The summed E-state index contributed by atoms with van der Waals surface area (Å²) in [6.45, 7) is 3.16. The number of aliphatic hydroxyl groups is 1. The Morgan fingerprint density at radius 2 is 1.84 bits per heavy atom. The van der Waals surface area contributed by atoms with Gasteiger partial charge in [-0.15, -0.1) is 0 Å². The second-order valence-corrected chi connectivity index (χ2v) is 9.01. The second-order valence-electron chi connectivity index (χ2n) is 8.63. The van der Waals surface area contributed by atoms with E-state index in [0.29, 0.717) is 23.5 Å². The molecule has 4 rings (SSSR count). The maximum atomic E-state index is 14.2. The van der Waals surface area contributed by atoms with Gasteiger partial charge in [0.05, 0.1) is 14.6 Å². The number of ether oxygens (including phenoxy) is 1. The molecule has 0 aliphatic heterocycles. The lowest BCUT2D eigenvalue weighted by molar-refractivity contribution is 0.0718. The number of hydrogen-bond donors (Lipinski definition) is 1. The van der Waals surface area contributed by atoms with Crippen molar-refractivity contribution in [1.82, 2.24) is 24.1 Å². The molecule has 4 aromatic heterocycles. The van der Waals surface area contributed by atoms with Crippen LogP contribution in [0.1, 0.15) is 39.2 Å². The van der Waals surface area contributed by atoms with Gasteiger partial charge in [0.25, 0.3) is 11.1 Å². The minimum atomic E-state index is -2.90. The Labute approximate surface area is 217 Å². The Morgan fingerprint density at radius 1 is 1.11 bits per heavy atom. The van der Waals surface area contributed by atoms with Gasteiger partial charge in [0, 0.05) is 42.5 Å². The maximum absolute atomic E-state index is 14.2. The second kappa shape index (κ2) is 9.83. The first-order chi connectivity index (χ1) is 18.1. The first-order valence-electron chi connectivity index (χ1n) is 11.8. The monoisotopic (exact) mass is 531 g/mol. The van der Waals surface area contributed by atoms with Gasteiger partial charge in [-0.05, 0) is 33.3 Å². The molecule has 192 valence electrons. The normalized spacial score (nSPS) is 12.8. The van der Waals surface area contributed by atoms with E-state index < -0.39 is 51.4 Å². The molecule has 0 amide bonds. The first-order valence-corrected chi connectivity index (χ1v) is 11.2. The third-order valence-electron chi connectivity index (χ3n) is 5.33. The number of pyridine rings is 3. The van der Waals surface area contributed by atoms with Crippen LogP contribution in [0.3, 0.4) is 0 Å². The summed E-state index contributed by atoms with van der Waals surface area (Å²) in [5, 5.41) is 9.77. The van der Waals surface area contributed by atoms with Gasteiger partial charge in [0.15, 0.2) is 5.82 Å². The van der Waals surface area contributed by atoms with Crippen molar-refractivity contribution in [3.63, 3.8) is 0 Å². The number of rotatable bonds is 6. The van der Waals surface area contributed by atoms with Crippen LogP contribution >= 0.6 is 11.6 Å². The van der Waals surface area contributed by atoms with Crippen molar-refractivity contribution in [2.75, 3.05) is 0 Å². The predicted molar refractivity (Wildman–Crippen MR) is 131 cm³/mol. The third-order valence-corrected chi connectivity index (χ3v) is 5.68. The van der Waals surface area contributed by atoms with Crippen molar-refractivity contribution >= 4 is 11.6 Å². The maximum Gasteiger partial charge on any atom is 0.280 e. The molecule has 4 heterocycles. The van der Waals surface area contributed by atoms with Crippen LogP contribution in [-0.4, -0.2) is 29.2 Å². The molecule has 0 radical (unpaired) electrons. The fraction of sp³-hybridized carbons (Fsp3) is 0.240. The fourth-order valence-corrected chi connectivity index (χ4v) is 3.71. The predicted octanol–water partition coefficient (Wildman–Crippen LogP) is 3.53. The van der Waals surface area contributed by atoms with Gasteiger partial charge in [-0.1, -0.05) is 11.6 Å². The lowest BCUT2D eigenvalue weighted by atomic mass is 10.1. The highest BCUT2D eigenvalue weighted by atomic mass is 35.5. The van der Waals surface area contributed by atoms with Crippen LogP contribution in [0.15, 0.2) is 52.6 Å². The zero-order chi connectivity index (χ0) is 28.9. The van der Waals surface area contributed by atoms with Gasteiger partial charge in [-0.25, -0.2) is 13.8 Å². The molecule has 1 N–H and O–H groups in total. The van der Waals surface area contributed by atoms with Crippen LogP contribution in [0.2, 0.25) is 5.02 Å². The summed E-state index contributed by atoms with van der Waals surface area (Å²) in [6.07, 6.45) is 4.77. The minimum absolute atomic E-state index is 0.104. The molecule has 0 saturated heterocycles. The van der Waals surface area contributed by atoms with Crippen molar-refractivity contribution in [3.8, 4) is 17.3 Å². The number of aryl methyl sites for hydroxylation is 2. The smallest absolute Gasteiger partial charge is 0.280 e. The Kier molecular flexibility index (Phi) is 6.23. The zero-order valence-electron chi connectivity index (χ0n) is 22.1. The molecule has 4 aromatic rings. The van der Waals surface area contributed by atoms with E-state index in [9.17, 15) is 23.5 Å². The summed E-state index contributed by atoms with van der Waals surface area (Å²) in [5.41, 5.74) is -2.76. The van der Waals surface area contributed by atoms with E-state index >= 15 is 0 Å². The van der Waals surface area contributed by atoms with Gasteiger partial charge < -0.3 is 9.84 Å². The number of halogens is 3. The van der Waals surface area contributed by atoms with Crippen molar-refractivity contribution < 1.29 is 21.4 Å². The quantitative estimate of drug-likeness (QED) is 0.405. The summed E-state index contributed by atoms with van der Waals surface area (Å²) in [7, 11) is 0. The first kappa shape index (κ1) is 23.4. The molecule has 0 unspecified atom stereocenters. The standard InChI is InChI=1S/C25H22ClF2N5O4/c1-13-10-31-20(32-6-5-29-22(24(32)35)25(3,4)36)9-18(13)33-14(2)7-19(21(26)23(33)34)37-12-17-16(28)8-15(27)11-30-17/h5-11,36H,12H2,1-4H3/i12D2. The van der Waals surface area contributed by atoms with E-state index in [1.165, 1.54) is 60.6 Å². The van der Waals surface area contributed by atoms with Gasteiger partial charge in [0.2, 0.25) is 0 Å². The molecular weight excluding hydrogens is 508 g/mol. The summed E-state index contributed by atoms with van der Waals surface area (Å²) in [6, 6.07) is 3.19. The van der Waals surface area contributed by atoms with E-state index in [0.717, 1.165) is 0 Å². The van der Waals surface area contributed by atoms with Crippen LogP contribution in [0, 0.1) is 25.5 Å². The molecule has 0 aliphatic rings. The van der Waals surface area contributed by atoms with Crippen LogP contribution in [0.4, 0.5) is 8.78 Å². The highest BCUT2D eigenvalue weighted by Crippen LogP contribution is 2.26. The van der Waals surface area contributed by atoms with E-state index in [2.05, 4.69) is 15.0 Å². The molecule has 37 heavy (non-hydrogen) atoms. The van der Waals surface area contributed by atoms with E-state index in [1.54, 1.807) is 6.92 Å². The molecule has 0 aromatic carbocycles. The van der Waals surface area contributed by atoms with E-state index in [-0.39, 0.29) is 17.2 Å². The zero-order valence-corrected chi connectivity index (χ0v) is 20.8. The molecule has 0 fully saturated rings. The highest BCUT2D eigenvalue weighted by Gasteiger charge is 2.24. The van der Waals surface area contributed by atoms with Crippen molar-refractivity contribution in [1.29, 1.82) is 0 Å². The number of hydrogen-bond acceptors (Lipinski definition) is 7. The molecule has 0 spiro atoms. The van der Waals surface area contributed by atoms with E-state index in [4.69, 9.17) is 19.1 Å². The average molecular weight is 532 g/mol. The van der Waals surface area contributed by atoms with Gasteiger partial charge in [0.1, 0.15) is 46.0 Å². The van der Waals surface area contributed by atoms with Crippen LogP contribution < -0.4 is 15.9 Å². The third kappa shape index (κ3) is 5.13. The molecular formula is C25H22ClF2N5O4. The molecule has 0 atom stereocenters. The Balaban J connectivity index is 1.81. The summed E-state index contributed by atoms with van der Waals surface area (Å²) in [4.78, 5) is 38.0. The fourth-order valence-electron chi connectivity index (χ4n) is 3.53. The minimum Gasteiger partial charge on any atom is -0.485 e. The van der Waals surface area contributed by atoms with Crippen molar-refractivity contribution in [3.05, 3.63) is 103 Å². The summed E-state index contributed by atoms with van der Waals surface area (Å²) < 4.78 is 51.2. The van der Waals surface area contributed by atoms with Crippen molar-refractivity contribution in [2.24, 2.45) is 0 Å². The Morgan fingerprint density at radius 3 is 2.51 bits per heavy atom. The lowest BCUT2D eigenvalue weighted by Crippen LogP contribution is -2.33. The highest BCUT2D eigenvalue weighted by molar-refractivity contribution is 6.31. The molecule has 0 saturated carbocycles. The van der Waals surface area contributed by atoms with Gasteiger partial charge in [-0.3, -0.25) is 28.7 Å². The molecule has 12 heteroatoms. The van der Waals surface area contributed by atoms with Gasteiger partial charge >= 0.3 is 0 Å². The topological polar surface area (TPSA) is 112 Å². The Hall–Kier alpha value is -3.96. The number of nitrogens with zero attached hydrogens (tertiary/aromatic N) is 5. The van der Waals surface area contributed by atoms with Crippen LogP contribution in [0.25, 0.3) is 11.5 Å². The largest absolute Gasteiger partial charge is 0.485 e. The van der Waals surface area contributed by atoms with E-state index in [1.807, 2.05) is 0 Å². The van der Waals surface area contributed by atoms with Gasteiger partial charge in [-0.2, -0.15) is 0 Å². The SMILES string of the molecule is [2H]C([2H])(Oc1cc(C)n(-c2cc(-n3ccnc(C(C)(C)O)c3=O)ncc2C)c(=O)c1Cl)c1ncc(F)cc1F. The van der Waals surface area contributed by atoms with Crippen molar-refractivity contribution in [2.45, 2.75) is 39.9 Å². The lowest BCUT2D eigenvalue weighted by Gasteiger charge is -2.18. The summed E-state index contributed by atoms with van der Waals surface area (Å²) in [5.74, 6) is -2.54. The molecule has 0 aliphatic carbocycles. The molecule has 9 nitrogen and oxygen atoms in total. The molecule has 0 bridgehead atoms. The Bertz CT molecular complexity index is 1720. The summed E-state index contributed by atoms with van der Waals surface area (Å²) >= 11 is 6.28. The number of aromatic nitrogens is 5. The van der Waals surface area contributed by atoms with Crippen LogP contribution in [0.5, 0.6) is 5.75 Å². The average Bonchev–Trinajstić information content (AvgIpc) is 2.82. The van der Waals surface area contributed by atoms with Crippen LogP contribution in [-0.2, 0) is 12.2 Å².